The molecule has 2 aromatic heterocycles. The molecule has 2 aliphatic heterocycles. The lowest BCUT2D eigenvalue weighted by molar-refractivity contribution is -0.137. The third-order valence-electron chi connectivity index (χ3n) is 5.00. The molecule has 136 valence electrons. The van der Waals surface area contributed by atoms with Crippen LogP contribution in [0.4, 0.5) is 4.79 Å². The first-order chi connectivity index (χ1) is 12.5. The normalized spacial score (nSPS) is 21.1. The molecule has 0 bridgehead atoms. The Morgan fingerprint density at radius 1 is 1.27 bits per heavy atom. The molecule has 0 radical (unpaired) electrons. The lowest BCUT2D eigenvalue weighted by Crippen LogP contribution is -2.46. The van der Waals surface area contributed by atoms with Gasteiger partial charge < -0.3 is 9.80 Å². The summed E-state index contributed by atoms with van der Waals surface area (Å²) < 4.78 is 1.95. The van der Waals surface area contributed by atoms with Gasteiger partial charge in [-0.2, -0.15) is 0 Å². The van der Waals surface area contributed by atoms with Crippen LogP contribution in [0.25, 0.3) is 5.65 Å². The molecule has 2 aliphatic rings. The number of fused-ring (bicyclic) bond motifs is 1. The first-order valence-electron chi connectivity index (χ1n) is 8.67. The van der Waals surface area contributed by atoms with E-state index in [2.05, 4.69) is 10.2 Å². The maximum atomic E-state index is 12.6. The molecule has 4 amide bonds. The van der Waals surface area contributed by atoms with E-state index < -0.39 is 6.03 Å². The largest absolute Gasteiger partial charge is 0.340 e. The minimum absolute atomic E-state index is 0.0282. The van der Waals surface area contributed by atoms with Crippen molar-refractivity contribution >= 4 is 23.5 Å². The number of rotatable bonds is 3. The van der Waals surface area contributed by atoms with Crippen LogP contribution in [0.15, 0.2) is 24.4 Å². The monoisotopic (exact) mass is 356 g/mol. The van der Waals surface area contributed by atoms with Gasteiger partial charge in [0.15, 0.2) is 5.65 Å². The Bertz CT molecular complexity index is 878. The van der Waals surface area contributed by atoms with Gasteiger partial charge in [-0.15, -0.1) is 10.2 Å². The number of likely N-dealkylation sites (N-methyl/N-ethyl adjacent to an activating group) is 1. The van der Waals surface area contributed by atoms with Gasteiger partial charge in [-0.3, -0.25) is 18.9 Å². The number of piperidine rings is 1. The van der Waals surface area contributed by atoms with Crippen molar-refractivity contribution < 1.29 is 14.4 Å². The van der Waals surface area contributed by atoms with E-state index >= 15 is 0 Å². The molecule has 4 rings (SSSR count). The summed E-state index contributed by atoms with van der Waals surface area (Å²) in [6.45, 7) is 0.967. The molecule has 2 saturated heterocycles. The molecule has 2 aromatic rings. The minimum atomic E-state index is -0.416. The summed E-state index contributed by atoms with van der Waals surface area (Å²) >= 11 is 0. The second-order valence-electron chi connectivity index (χ2n) is 6.78. The van der Waals surface area contributed by atoms with Gasteiger partial charge in [-0.1, -0.05) is 6.07 Å². The molecule has 0 saturated carbocycles. The average Bonchev–Trinajstić information content (AvgIpc) is 3.18. The predicted octanol–water partition coefficient (Wildman–Crippen LogP) is 0.329. The number of carbonyl (C=O) groups excluding carboxylic acids is 3. The smallest absolute Gasteiger partial charge is 0.327 e. The van der Waals surface area contributed by atoms with E-state index in [1.54, 1.807) is 11.9 Å². The molecule has 2 fully saturated rings. The van der Waals surface area contributed by atoms with Crippen LogP contribution in [0, 0.1) is 0 Å². The molecule has 1 atom stereocenters. The summed E-state index contributed by atoms with van der Waals surface area (Å²) in [6.07, 6.45) is 3.69. The fraction of sp³-hybridized carbons (Fsp3) is 0.471. The van der Waals surface area contributed by atoms with E-state index in [1.165, 1.54) is 4.90 Å². The molecule has 9 nitrogen and oxygen atoms in total. The van der Waals surface area contributed by atoms with Crippen LogP contribution in [0.5, 0.6) is 0 Å². The summed E-state index contributed by atoms with van der Waals surface area (Å²) in [5.41, 5.74) is 0.780. The number of imide groups is 1. The van der Waals surface area contributed by atoms with Gasteiger partial charge in [-0.25, -0.2) is 4.79 Å². The van der Waals surface area contributed by atoms with Crippen LogP contribution in [0.1, 0.15) is 24.6 Å². The van der Waals surface area contributed by atoms with Gasteiger partial charge in [0.2, 0.25) is 5.91 Å². The summed E-state index contributed by atoms with van der Waals surface area (Å²) in [5, 5.41) is 8.48. The molecule has 9 heteroatoms. The molecule has 0 N–H and O–H groups in total. The third kappa shape index (κ3) is 2.79. The molecule has 0 aliphatic carbocycles. The Morgan fingerprint density at radius 2 is 2.12 bits per heavy atom. The maximum absolute atomic E-state index is 12.6. The number of nitrogens with zero attached hydrogens (tertiary/aromatic N) is 6. The fourth-order valence-corrected chi connectivity index (χ4v) is 3.61. The second-order valence-corrected chi connectivity index (χ2v) is 6.78. The van der Waals surface area contributed by atoms with Crippen LogP contribution in [-0.4, -0.2) is 80.4 Å². The predicted molar refractivity (Wildman–Crippen MR) is 91.3 cm³/mol. The SMILES string of the molecule is CN1CC(=O)N(CC(=O)N2CCCC(c3nnc4ccccn34)C2)C1=O. The van der Waals surface area contributed by atoms with Crippen LogP contribution in [0.3, 0.4) is 0 Å². The Kier molecular flexibility index (Phi) is 4.06. The Labute approximate surface area is 150 Å². The Balaban J connectivity index is 1.47. The van der Waals surface area contributed by atoms with Gasteiger partial charge in [0.1, 0.15) is 18.9 Å². The number of aromatic nitrogens is 3. The van der Waals surface area contributed by atoms with Crippen molar-refractivity contribution in [2.24, 2.45) is 0 Å². The van der Waals surface area contributed by atoms with E-state index in [9.17, 15) is 14.4 Å². The fourth-order valence-electron chi connectivity index (χ4n) is 3.61. The van der Waals surface area contributed by atoms with Crippen LogP contribution in [-0.2, 0) is 9.59 Å². The zero-order valence-electron chi connectivity index (χ0n) is 14.5. The lowest BCUT2D eigenvalue weighted by atomic mass is 9.97. The molecular weight excluding hydrogens is 336 g/mol. The quantitative estimate of drug-likeness (QED) is 0.739. The number of likely N-dealkylation sites (tertiary alicyclic amines) is 1. The van der Waals surface area contributed by atoms with E-state index in [4.69, 9.17) is 0 Å². The maximum Gasteiger partial charge on any atom is 0.327 e. The molecular formula is C17H20N6O3. The number of amides is 4. The first kappa shape index (κ1) is 16.5. The van der Waals surface area contributed by atoms with Gasteiger partial charge in [-0.05, 0) is 25.0 Å². The van der Waals surface area contributed by atoms with E-state index in [-0.39, 0.29) is 30.8 Å². The van der Waals surface area contributed by atoms with E-state index in [1.807, 2.05) is 28.8 Å². The first-order valence-corrected chi connectivity index (χ1v) is 8.67. The molecule has 26 heavy (non-hydrogen) atoms. The summed E-state index contributed by atoms with van der Waals surface area (Å²) in [7, 11) is 1.55. The third-order valence-corrected chi connectivity index (χ3v) is 5.00. The zero-order chi connectivity index (χ0) is 18.3. The van der Waals surface area contributed by atoms with Crippen LogP contribution >= 0.6 is 0 Å². The topological polar surface area (TPSA) is 91.1 Å². The molecule has 1 unspecified atom stereocenters. The van der Waals surface area contributed by atoms with Crippen molar-refractivity contribution in [1.29, 1.82) is 0 Å². The number of urea groups is 1. The van der Waals surface area contributed by atoms with Crippen LogP contribution < -0.4 is 0 Å². The zero-order valence-corrected chi connectivity index (χ0v) is 14.5. The van der Waals surface area contributed by atoms with Crippen molar-refractivity contribution in [2.45, 2.75) is 18.8 Å². The van der Waals surface area contributed by atoms with Crippen molar-refractivity contribution in [2.75, 3.05) is 33.2 Å². The van der Waals surface area contributed by atoms with Crippen molar-refractivity contribution in [3.05, 3.63) is 30.2 Å². The number of pyridine rings is 1. The van der Waals surface area contributed by atoms with Gasteiger partial charge in [0, 0.05) is 32.3 Å². The number of carbonyl (C=O) groups is 3. The van der Waals surface area contributed by atoms with Crippen molar-refractivity contribution in [1.82, 2.24) is 29.3 Å². The number of hydrogen-bond acceptors (Lipinski definition) is 5. The van der Waals surface area contributed by atoms with Gasteiger partial charge in [0.25, 0.3) is 5.91 Å². The highest BCUT2D eigenvalue weighted by atomic mass is 16.2. The average molecular weight is 356 g/mol. The van der Waals surface area contributed by atoms with Crippen molar-refractivity contribution in [3.8, 4) is 0 Å². The second kappa shape index (κ2) is 6.40. The standard InChI is InChI=1S/C17H20N6O3/c1-20-10-15(25)23(17(20)26)11-14(24)21-7-4-5-12(9-21)16-19-18-13-6-2-3-8-22(13)16/h2-3,6,8,12H,4-5,7,9-11H2,1H3. The molecule has 0 spiro atoms. The Morgan fingerprint density at radius 3 is 2.88 bits per heavy atom. The summed E-state index contributed by atoms with van der Waals surface area (Å²) in [4.78, 5) is 40.6. The number of hydrogen-bond donors (Lipinski definition) is 0. The van der Waals surface area contributed by atoms with Gasteiger partial charge >= 0.3 is 6.03 Å². The minimum Gasteiger partial charge on any atom is -0.340 e. The van der Waals surface area contributed by atoms with E-state index in [0.29, 0.717) is 13.1 Å². The highest BCUT2D eigenvalue weighted by molar-refractivity contribution is 6.04. The highest BCUT2D eigenvalue weighted by Crippen LogP contribution is 2.26. The van der Waals surface area contributed by atoms with Crippen molar-refractivity contribution in [3.63, 3.8) is 0 Å². The molecule has 0 aromatic carbocycles. The summed E-state index contributed by atoms with van der Waals surface area (Å²) in [5.74, 6) is 0.382. The van der Waals surface area contributed by atoms with E-state index in [0.717, 1.165) is 29.2 Å². The van der Waals surface area contributed by atoms with Gasteiger partial charge in [0.05, 0.1) is 0 Å². The highest BCUT2D eigenvalue weighted by Gasteiger charge is 2.36. The lowest BCUT2D eigenvalue weighted by Gasteiger charge is -2.32. The van der Waals surface area contributed by atoms with Crippen LogP contribution in [0.2, 0.25) is 0 Å². The molecule has 4 heterocycles. The Hall–Kier alpha value is -2.97. The summed E-state index contributed by atoms with van der Waals surface area (Å²) in [6, 6.07) is 5.31.